The molecular weight excluding hydrogens is 212 g/mol. The number of rotatable bonds is 1. The largest absolute Gasteiger partial charge is 0.386 e. The van der Waals surface area contributed by atoms with Gasteiger partial charge in [0, 0.05) is 12.0 Å². The Morgan fingerprint density at radius 1 is 1.41 bits per heavy atom. The van der Waals surface area contributed by atoms with E-state index in [0.717, 1.165) is 6.42 Å². The summed E-state index contributed by atoms with van der Waals surface area (Å²) in [6, 6.07) is 0. The highest BCUT2D eigenvalue weighted by atomic mass is 16.3. The Morgan fingerprint density at radius 2 is 2.06 bits per heavy atom. The summed E-state index contributed by atoms with van der Waals surface area (Å²) < 4.78 is 0. The van der Waals surface area contributed by atoms with Gasteiger partial charge in [0.2, 0.25) is 0 Å². The van der Waals surface area contributed by atoms with E-state index in [-0.39, 0.29) is 11.2 Å². The summed E-state index contributed by atoms with van der Waals surface area (Å²) in [6.45, 7) is 7.97. The van der Waals surface area contributed by atoms with Crippen LogP contribution in [0.4, 0.5) is 0 Å². The molecule has 1 N–H and O–H groups in total. The Morgan fingerprint density at radius 3 is 2.65 bits per heavy atom. The minimum Gasteiger partial charge on any atom is -0.386 e. The lowest BCUT2D eigenvalue weighted by molar-refractivity contribution is -0.121. The first-order chi connectivity index (χ1) is 7.75. The highest BCUT2D eigenvalue weighted by Gasteiger charge is 2.46. The zero-order valence-electron chi connectivity index (χ0n) is 11.4. The van der Waals surface area contributed by atoms with Crippen molar-refractivity contribution >= 4 is 5.78 Å². The summed E-state index contributed by atoms with van der Waals surface area (Å²) in [4.78, 5) is 12.1. The van der Waals surface area contributed by atoms with Crippen molar-refractivity contribution in [1.82, 2.24) is 0 Å². The first-order valence-electron chi connectivity index (χ1n) is 6.74. The average Bonchev–Trinajstić information content (AvgIpc) is 2.19. The van der Waals surface area contributed by atoms with Gasteiger partial charge in [-0.25, -0.2) is 0 Å². The monoisotopic (exact) mass is 236 g/mol. The van der Waals surface area contributed by atoms with Gasteiger partial charge in [-0.15, -0.1) is 0 Å². The van der Waals surface area contributed by atoms with E-state index in [0.29, 0.717) is 23.8 Å². The molecule has 0 spiro atoms. The van der Waals surface area contributed by atoms with Gasteiger partial charge < -0.3 is 5.11 Å². The Kier molecular flexibility index (Phi) is 2.97. The average molecular weight is 236 g/mol. The summed E-state index contributed by atoms with van der Waals surface area (Å²) >= 11 is 0. The van der Waals surface area contributed by atoms with Crippen LogP contribution in [0, 0.1) is 17.3 Å². The summed E-state index contributed by atoms with van der Waals surface area (Å²) in [5, 5.41) is 10.1. The molecule has 0 aromatic carbocycles. The third-order valence-corrected chi connectivity index (χ3v) is 4.98. The zero-order valence-corrected chi connectivity index (χ0v) is 11.4. The van der Waals surface area contributed by atoms with Crippen molar-refractivity contribution in [2.45, 2.75) is 59.0 Å². The van der Waals surface area contributed by atoms with Gasteiger partial charge in [-0.2, -0.15) is 0 Å². The van der Waals surface area contributed by atoms with Gasteiger partial charge in [-0.05, 0) is 43.9 Å². The molecule has 0 aliphatic heterocycles. The molecule has 2 aliphatic rings. The molecule has 0 unspecified atom stereocenters. The lowest BCUT2D eigenvalue weighted by atomic mass is 9.56. The van der Waals surface area contributed by atoms with Crippen molar-refractivity contribution in [2.75, 3.05) is 0 Å². The molecule has 2 rings (SSSR count). The van der Waals surface area contributed by atoms with Crippen LogP contribution in [0.15, 0.2) is 11.6 Å². The number of carbonyl (C=O) groups is 1. The maximum Gasteiger partial charge on any atom is 0.161 e. The van der Waals surface area contributed by atoms with Gasteiger partial charge in [0.05, 0.1) is 5.60 Å². The van der Waals surface area contributed by atoms with Crippen LogP contribution in [0.5, 0.6) is 0 Å². The molecule has 0 aromatic heterocycles. The van der Waals surface area contributed by atoms with Gasteiger partial charge in [-0.1, -0.05) is 26.3 Å². The number of hydrogen-bond acceptors (Lipinski definition) is 2. The van der Waals surface area contributed by atoms with Crippen molar-refractivity contribution in [2.24, 2.45) is 17.3 Å². The molecule has 1 fully saturated rings. The maximum absolute atomic E-state index is 12.1. The van der Waals surface area contributed by atoms with Crippen LogP contribution in [0.2, 0.25) is 0 Å². The minimum atomic E-state index is -0.998. The quantitative estimate of drug-likeness (QED) is 0.759. The number of aliphatic hydroxyl groups is 1. The molecule has 3 atom stereocenters. The molecular formula is C15H24O2. The molecule has 0 radical (unpaired) electrons. The van der Waals surface area contributed by atoms with Crippen LogP contribution < -0.4 is 0 Å². The van der Waals surface area contributed by atoms with Crippen LogP contribution in [-0.4, -0.2) is 16.5 Å². The number of allylic oxidation sites excluding steroid dienone is 1. The van der Waals surface area contributed by atoms with E-state index in [1.807, 2.05) is 0 Å². The lowest BCUT2D eigenvalue weighted by Gasteiger charge is -2.48. The van der Waals surface area contributed by atoms with Gasteiger partial charge in [0.15, 0.2) is 5.78 Å². The number of carbonyl (C=O) groups excluding carboxylic acids is 1. The second-order valence-corrected chi connectivity index (χ2v) is 6.64. The molecule has 0 bridgehead atoms. The van der Waals surface area contributed by atoms with E-state index in [1.165, 1.54) is 12.8 Å². The molecule has 0 amide bonds. The summed E-state index contributed by atoms with van der Waals surface area (Å²) in [5.74, 6) is 1.23. The van der Waals surface area contributed by atoms with Crippen LogP contribution >= 0.6 is 0 Å². The fraction of sp³-hybridized carbons (Fsp3) is 0.800. The van der Waals surface area contributed by atoms with Crippen molar-refractivity contribution in [3.63, 3.8) is 0 Å². The normalized spacial score (nSPS) is 38.6. The predicted octanol–water partition coefficient (Wildman–Crippen LogP) is 3.10. The van der Waals surface area contributed by atoms with E-state index in [1.54, 1.807) is 13.8 Å². The summed E-state index contributed by atoms with van der Waals surface area (Å²) in [6.07, 6.45) is 6.34. The Balaban J connectivity index is 2.43. The lowest BCUT2D eigenvalue weighted by Crippen LogP contribution is -2.44. The van der Waals surface area contributed by atoms with Crippen molar-refractivity contribution < 1.29 is 9.90 Å². The smallest absolute Gasteiger partial charge is 0.161 e. The molecule has 0 aromatic rings. The highest BCUT2D eigenvalue weighted by Crippen LogP contribution is 2.51. The number of Topliss-reactive ketones (excluding diaryl/α,β-unsaturated/α-hetero) is 1. The van der Waals surface area contributed by atoms with Crippen molar-refractivity contribution in [3.05, 3.63) is 11.6 Å². The van der Waals surface area contributed by atoms with Crippen LogP contribution in [-0.2, 0) is 4.79 Å². The molecule has 1 saturated carbocycles. The SMILES string of the molecule is C[C@H]1CCC[C@@H]2CC(=O)C(C(C)(C)O)=C[C@]21C. The molecule has 17 heavy (non-hydrogen) atoms. The van der Waals surface area contributed by atoms with Gasteiger partial charge >= 0.3 is 0 Å². The summed E-state index contributed by atoms with van der Waals surface area (Å²) in [5.41, 5.74) is -0.269. The van der Waals surface area contributed by atoms with Crippen LogP contribution in [0.1, 0.15) is 53.4 Å². The molecule has 96 valence electrons. The highest BCUT2D eigenvalue weighted by molar-refractivity contribution is 5.98. The number of fused-ring (bicyclic) bond motifs is 1. The Bertz CT molecular complexity index is 362. The van der Waals surface area contributed by atoms with Crippen molar-refractivity contribution in [3.8, 4) is 0 Å². The standard InChI is InChI=1S/C15H24O2/c1-10-6-5-7-11-8-13(16)12(14(2,3)17)9-15(10,11)4/h9-11,17H,5-8H2,1-4H3/t10-,11+,15-/m0/s1. The molecule has 2 nitrogen and oxygen atoms in total. The first-order valence-corrected chi connectivity index (χ1v) is 6.74. The maximum atomic E-state index is 12.1. The third-order valence-electron chi connectivity index (χ3n) is 4.98. The van der Waals surface area contributed by atoms with Crippen molar-refractivity contribution in [1.29, 1.82) is 0 Å². The zero-order chi connectivity index (χ0) is 12.8. The molecule has 0 heterocycles. The first kappa shape index (κ1) is 12.8. The van der Waals surface area contributed by atoms with Crippen LogP contribution in [0.25, 0.3) is 0 Å². The third kappa shape index (κ3) is 2.08. The topological polar surface area (TPSA) is 37.3 Å². The minimum absolute atomic E-state index is 0.0987. The van der Waals surface area contributed by atoms with E-state index in [2.05, 4.69) is 19.9 Å². The summed E-state index contributed by atoms with van der Waals surface area (Å²) in [7, 11) is 0. The number of hydrogen-bond donors (Lipinski definition) is 1. The van der Waals surface area contributed by atoms with Gasteiger partial charge in [-0.3, -0.25) is 4.79 Å². The van der Waals surface area contributed by atoms with E-state index in [9.17, 15) is 9.90 Å². The van der Waals surface area contributed by atoms with Crippen LogP contribution in [0.3, 0.4) is 0 Å². The molecule has 0 saturated heterocycles. The fourth-order valence-electron chi connectivity index (χ4n) is 3.52. The second-order valence-electron chi connectivity index (χ2n) is 6.64. The van der Waals surface area contributed by atoms with E-state index in [4.69, 9.17) is 0 Å². The molecule has 2 aliphatic carbocycles. The fourth-order valence-corrected chi connectivity index (χ4v) is 3.52. The van der Waals surface area contributed by atoms with Gasteiger partial charge in [0.1, 0.15) is 0 Å². The Labute approximate surface area is 104 Å². The van der Waals surface area contributed by atoms with Gasteiger partial charge in [0.25, 0.3) is 0 Å². The number of ketones is 1. The second kappa shape index (κ2) is 3.94. The van der Waals surface area contributed by atoms with E-state index >= 15 is 0 Å². The van der Waals surface area contributed by atoms with E-state index < -0.39 is 5.60 Å². The Hall–Kier alpha value is -0.630. The molecule has 2 heteroatoms. The predicted molar refractivity (Wildman–Crippen MR) is 68.6 cm³/mol.